The molecular weight excluding hydrogens is 314 g/mol. The Labute approximate surface area is 141 Å². The number of hydrogen-bond donors (Lipinski definition) is 2. The van der Waals surface area contributed by atoms with E-state index in [0.717, 1.165) is 17.7 Å². The molecule has 2 rings (SSSR count). The Hall–Kier alpha value is -2.11. The normalized spacial score (nSPS) is 10.3. The minimum absolute atomic E-state index is 0.135. The van der Waals surface area contributed by atoms with Crippen LogP contribution in [0.4, 0.5) is 5.69 Å². The molecule has 5 nitrogen and oxygen atoms in total. The summed E-state index contributed by atoms with van der Waals surface area (Å²) in [4.78, 5) is 16.1. The highest BCUT2D eigenvalue weighted by Gasteiger charge is 2.06. The van der Waals surface area contributed by atoms with Gasteiger partial charge in [0.25, 0.3) is 5.91 Å². The Bertz CT molecular complexity index is 632. The van der Waals surface area contributed by atoms with Crippen LogP contribution in [0.1, 0.15) is 22.3 Å². The number of ether oxygens (including phenoxy) is 1. The summed E-state index contributed by atoms with van der Waals surface area (Å²) < 4.78 is 4.95. The number of benzene rings is 1. The van der Waals surface area contributed by atoms with Crippen LogP contribution in [-0.4, -0.2) is 31.2 Å². The lowest BCUT2D eigenvalue weighted by Crippen LogP contribution is -2.25. The number of methoxy groups -OCH3 is 1. The zero-order valence-corrected chi connectivity index (χ0v) is 13.8. The molecule has 0 aliphatic heterocycles. The fourth-order valence-electron chi connectivity index (χ4n) is 1.99. The van der Waals surface area contributed by atoms with Gasteiger partial charge in [-0.1, -0.05) is 23.7 Å². The maximum atomic E-state index is 12.0. The number of pyridine rings is 1. The first-order chi connectivity index (χ1) is 11.2. The molecule has 1 aromatic carbocycles. The number of carbonyl (C=O) groups excluding carboxylic acids is 1. The summed E-state index contributed by atoms with van der Waals surface area (Å²) in [6.45, 7) is 1.84. The molecule has 2 N–H and O–H groups in total. The van der Waals surface area contributed by atoms with Crippen molar-refractivity contribution in [1.29, 1.82) is 0 Å². The van der Waals surface area contributed by atoms with Gasteiger partial charge in [-0.3, -0.25) is 9.78 Å². The van der Waals surface area contributed by atoms with Gasteiger partial charge in [-0.05, 0) is 30.2 Å². The highest BCUT2D eigenvalue weighted by molar-refractivity contribution is 6.30. The van der Waals surface area contributed by atoms with Gasteiger partial charge >= 0.3 is 0 Å². The zero-order chi connectivity index (χ0) is 16.5. The van der Waals surface area contributed by atoms with Crippen molar-refractivity contribution in [3.05, 3.63) is 58.9 Å². The Kier molecular flexibility index (Phi) is 6.84. The number of hydrogen-bond acceptors (Lipinski definition) is 4. The molecular formula is C17H20ClN3O2. The molecule has 23 heavy (non-hydrogen) atoms. The predicted molar refractivity (Wildman–Crippen MR) is 91.8 cm³/mol. The molecule has 0 radical (unpaired) electrons. The highest BCUT2D eigenvalue weighted by Crippen LogP contribution is 2.13. The third-order valence-corrected chi connectivity index (χ3v) is 3.47. The predicted octanol–water partition coefficient (Wildman–Crippen LogP) is 3.11. The van der Waals surface area contributed by atoms with Crippen molar-refractivity contribution in [2.75, 3.05) is 25.6 Å². The number of rotatable bonds is 8. The van der Waals surface area contributed by atoms with E-state index in [1.807, 2.05) is 24.3 Å². The Morgan fingerprint density at radius 3 is 2.78 bits per heavy atom. The fourth-order valence-corrected chi connectivity index (χ4v) is 2.11. The van der Waals surface area contributed by atoms with Crippen LogP contribution in [0.25, 0.3) is 0 Å². The lowest BCUT2D eigenvalue weighted by atomic mass is 10.2. The summed E-state index contributed by atoms with van der Waals surface area (Å²) in [5.74, 6) is -0.135. The van der Waals surface area contributed by atoms with Gasteiger partial charge in [-0.15, -0.1) is 0 Å². The summed E-state index contributed by atoms with van der Waals surface area (Å²) in [6, 6.07) is 9.39. The van der Waals surface area contributed by atoms with Crippen molar-refractivity contribution < 1.29 is 9.53 Å². The van der Waals surface area contributed by atoms with Crippen molar-refractivity contribution in [2.45, 2.75) is 13.0 Å². The van der Waals surface area contributed by atoms with E-state index < -0.39 is 0 Å². The Morgan fingerprint density at radius 1 is 1.26 bits per heavy atom. The van der Waals surface area contributed by atoms with Gasteiger partial charge in [0, 0.05) is 44.2 Å². The van der Waals surface area contributed by atoms with E-state index in [4.69, 9.17) is 16.3 Å². The van der Waals surface area contributed by atoms with Crippen LogP contribution < -0.4 is 10.6 Å². The van der Waals surface area contributed by atoms with Gasteiger partial charge in [-0.25, -0.2) is 0 Å². The monoisotopic (exact) mass is 333 g/mol. The first-order valence-electron chi connectivity index (χ1n) is 7.39. The molecule has 0 aliphatic carbocycles. The van der Waals surface area contributed by atoms with Crippen LogP contribution in [0.2, 0.25) is 5.02 Å². The molecule has 0 spiro atoms. The summed E-state index contributed by atoms with van der Waals surface area (Å²) in [5.41, 5.74) is 2.43. The van der Waals surface area contributed by atoms with Crippen LogP contribution in [-0.2, 0) is 11.3 Å². The van der Waals surface area contributed by atoms with Gasteiger partial charge in [0.1, 0.15) is 0 Å². The number of aromatic nitrogens is 1. The topological polar surface area (TPSA) is 63.2 Å². The number of halogens is 1. The molecule has 0 unspecified atom stereocenters. The summed E-state index contributed by atoms with van der Waals surface area (Å²) >= 11 is 5.86. The maximum Gasteiger partial charge on any atom is 0.252 e. The SMILES string of the molecule is COCCCNC(=O)c1cncc(NCc2ccc(Cl)cc2)c1. The van der Waals surface area contributed by atoms with E-state index in [0.29, 0.717) is 30.3 Å². The summed E-state index contributed by atoms with van der Waals surface area (Å²) in [7, 11) is 1.64. The summed E-state index contributed by atoms with van der Waals surface area (Å²) in [6.07, 6.45) is 4.03. The maximum absolute atomic E-state index is 12.0. The van der Waals surface area contributed by atoms with Gasteiger partial charge in [0.2, 0.25) is 0 Å². The smallest absolute Gasteiger partial charge is 0.252 e. The second kappa shape index (κ2) is 9.12. The lowest BCUT2D eigenvalue weighted by molar-refractivity contribution is 0.0948. The fraction of sp³-hybridized carbons (Fsp3) is 0.294. The van der Waals surface area contributed by atoms with Crippen LogP contribution >= 0.6 is 11.6 Å². The molecule has 2 aromatic rings. The number of anilines is 1. The van der Waals surface area contributed by atoms with Crippen molar-refractivity contribution in [1.82, 2.24) is 10.3 Å². The average molecular weight is 334 g/mol. The molecule has 1 aromatic heterocycles. The van der Waals surface area contributed by atoms with Crippen LogP contribution in [0.5, 0.6) is 0 Å². The number of nitrogens with zero attached hydrogens (tertiary/aromatic N) is 1. The molecule has 0 saturated carbocycles. The van der Waals surface area contributed by atoms with Crippen molar-refractivity contribution in [3.63, 3.8) is 0 Å². The quantitative estimate of drug-likeness (QED) is 0.729. The number of carbonyl (C=O) groups is 1. The van der Waals surface area contributed by atoms with Crippen molar-refractivity contribution in [2.24, 2.45) is 0 Å². The highest BCUT2D eigenvalue weighted by atomic mass is 35.5. The van der Waals surface area contributed by atoms with Crippen LogP contribution in [0, 0.1) is 0 Å². The third kappa shape index (κ3) is 5.88. The standard InChI is InChI=1S/C17H20ClN3O2/c1-23-8-2-7-20-17(22)14-9-16(12-19-11-14)21-10-13-3-5-15(18)6-4-13/h3-6,9,11-12,21H,2,7-8,10H2,1H3,(H,20,22). The van der Waals surface area contributed by atoms with Gasteiger partial charge in [0.05, 0.1) is 11.3 Å². The molecule has 0 aliphatic rings. The van der Waals surface area contributed by atoms with Crippen LogP contribution in [0.3, 0.4) is 0 Å². The number of nitrogens with one attached hydrogen (secondary N) is 2. The minimum atomic E-state index is -0.135. The van der Waals surface area contributed by atoms with Gasteiger partial charge < -0.3 is 15.4 Å². The number of amides is 1. The largest absolute Gasteiger partial charge is 0.385 e. The van der Waals surface area contributed by atoms with E-state index in [9.17, 15) is 4.79 Å². The average Bonchev–Trinajstić information content (AvgIpc) is 2.58. The molecule has 0 fully saturated rings. The van der Waals surface area contributed by atoms with Crippen molar-refractivity contribution in [3.8, 4) is 0 Å². The molecule has 0 atom stereocenters. The summed E-state index contributed by atoms with van der Waals surface area (Å²) in [5, 5.41) is 6.80. The molecule has 122 valence electrons. The molecule has 6 heteroatoms. The molecule has 0 bridgehead atoms. The van der Waals surface area contributed by atoms with E-state index in [1.54, 1.807) is 25.6 Å². The lowest BCUT2D eigenvalue weighted by Gasteiger charge is -2.09. The molecule has 0 saturated heterocycles. The molecule has 1 amide bonds. The Morgan fingerprint density at radius 2 is 2.04 bits per heavy atom. The third-order valence-electron chi connectivity index (χ3n) is 3.22. The van der Waals surface area contributed by atoms with E-state index in [1.165, 1.54) is 0 Å². The first kappa shape index (κ1) is 17.2. The second-order valence-electron chi connectivity index (χ2n) is 5.04. The molecule has 1 heterocycles. The van der Waals surface area contributed by atoms with Crippen molar-refractivity contribution >= 4 is 23.2 Å². The van der Waals surface area contributed by atoms with Gasteiger partial charge in [0.15, 0.2) is 0 Å². The second-order valence-corrected chi connectivity index (χ2v) is 5.48. The Balaban J connectivity index is 1.88. The minimum Gasteiger partial charge on any atom is -0.385 e. The van der Waals surface area contributed by atoms with Crippen LogP contribution in [0.15, 0.2) is 42.7 Å². The first-order valence-corrected chi connectivity index (χ1v) is 7.77. The van der Waals surface area contributed by atoms with Gasteiger partial charge in [-0.2, -0.15) is 0 Å². The van der Waals surface area contributed by atoms with E-state index in [2.05, 4.69) is 15.6 Å². The zero-order valence-electron chi connectivity index (χ0n) is 13.0. The van der Waals surface area contributed by atoms with E-state index in [-0.39, 0.29) is 5.91 Å². The van der Waals surface area contributed by atoms with E-state index >= 15 is 0 Å².